The molecule has 1 heterocycles. The number of benzene rings is 1. The average Bonchev–Trinajstić information content (AvgIpc) is 2.49. The smallest absolute Gasteiger partial charge is 0.243 e. The van der Waals surface area contributed by atoms with Gasteiger partial charge in [0.1, 0.15) is 0 Å². The molecule has 0 radical (unpaired) electrons. The summed E-state index contributed by atoms with van der Waals surface area (Å²) in [6.07, 6.45) is 0. The molecule has 1 saturated heterocycles. The molecule has 1 amide bonds. The minimum Gasteiger partial charge on any atom is -0.491 e. The van der Waals surface area contributed by atoms with Crippen LogP contribution in [0.4, 0.5) is 4.39 Å². The van der Waals surface area contributed by atoms with Crippen LogP contribution in [-0.2, 0) is 14.8 Å². The summed E-state index contributed by atoms with van der Waals surface area (Å²) in [4.78, 5) is 12.7. The van der Waals surface area contributed by atoms with Crippen molar-refractivity contribution in [3.8, 4) is 5.75 Å². The van der Waals surface area contributed by atoms with Crippen LogP contribution in [0.3, 0.4) is 0 Å². The SMILES string of the molecule is CCOc1ccc(S(=O)(=O)N2CCN(C(C)=O)CC2)cc1F. The Bertz CT molecular complexity index is 655. The van der Waals surface area contributed by atoms with Crippen LogP contribution in [0.2, 0.25) is 0 Å². The van der Waals surface area contributed by atoms with Crippen molar-refractivity contribution in [1.29, 1.82) is 0 Å². The third-order valence-electron chi connectivity index (χ3n) is 3.52. The predicted octanol–water partition coefficient (Wildman–Crippen LogP) is 1.08. The lowest BCUT2D eigenvalue weighted by molar-refractivity contribution is -0.129. The maximum Gasteiger partial charge on any atom is 0.243 e. The number of nitrogens with zero attached hydrogens (tertiary/aromatic N) is 2. The molecule has 1 aromatic carbocycles. The number of carbonyl (C=O) groups is 1. The van der Waals surface area contributed by atoms with Gasteiger partial charge in [-0.05, 0) is 25.1 Å². The highest BCUT2D eigenvalue weighted by Gasteiger charge is 2.29. The molecule has 1 aliphatic rings. The second kappa shape index (κ2) is 6.62. The van der Waals surface area contributed by atoms with Gasteiger partial charge >= 0.3 is 0 Å². The third-order valence-corrected chi connectivity index (χ3v) is 5.42. The summed E-state index contributed by atoms with van der Waals surface area (Å²) in [6, 6.07) is 3.62. The van der Waals surface area contributed by atoms with Crippen molar-refractivity contribution >= 4 is 15.9 Å². The first-order valence-electron chi connectivity index (χ1n) is 7.04. The van der Waals surface area contributed by atoms with E-state index < -0.39 is 15.8 Å². The van der Waals surface area contributed by atoms with Crippen LogP contribution < -0.4 is 4.74 Å². The van der Waals surface area contributed by atoms with Crippen molar-refractivity contribution in [2.45, 2.75) is 18.7 Å². The lowest BCUT2D eigenvalue weighted by Gasteiger charge is -2.33. The fraction of sp³-hybridized carbons (Fsp3) is 0.500. The molecule has 0 unspecified atom stereocenters. The molecule has 0 bridgehead atoms. The van der Waals surface area contributed by atoms with Gasteiger partial charge in [-0.15, -0.1) is 0 Å². The van der Waals surface area contributed by atoms with Crippen molar-refractivity contribution in [3.05, 3.63) is 24.0 Å². The zero-order valence-corrected chi connectivity index (χ0v) is 13.4. The van der Waals surface area contributed by atoms with Gasteiger partial charge in [0.05, 0.1) is 11.5 Å². The quantitative estimate of drug-likeness (QED) is 0.828. The zero-order chi connectivity index (χ0) is 16.3. The van der Waals surface area contributed by atoms with Crippen LogP contribution in [0, 0.1) is 5.82 Å². The highest BCUT2D eigenvalue weighted by atomic mass is 32.2. The van der Waals surface area contributed by atoms with Crippen LogP contribution in [-0.4, -0.2) is 56.3 Å². The first-order chi connectivity index (χ1) is 10.4. The van der Waals surface area contributed by atoms with Crippen LogP contribution in [0.25, 0.3) is 0 Å². The molecule has 8 heteroatoms. The Kier molecular flexibility index (Phi) is 5.02. The topological polar surface area (TPSA) is 66.9 Å². The lowest BCUT2D eigenvalue weighted by Crippen LogP contribution is -2.49. The van der Waals surface area contributed by atoms with Crippen LogP contribution in [0.5, 0.6) is 5.75 Å². The van der Waals surface area contributed by atoms with E-state index in [1.165, 1.54) is 23.4 Å². The molecule has 0 N–H and O–H groups in total. The van der Waals surface area contributed by atoms with Crippen molar-refractivity contribution in [1.82, 2.24) is 9.21 Å². The monoisotopic (exact) mass is 330 g/mol. The van der Waals surface area contributed by atoms with Crippen LogP contribution in [0.1, 0.15) is 13.8 Å². The summed E-state index contributed by atoms with van der Waals surface area (Å²) >= 11 is 0. The molecule has 0 aromatic heterocycles. The molecule has 0 atom stereocenters. The summed E-state index contributed by atoms with van der Waals surface area (Å²) in [5, 5.41) is 0. The largest absolute Gasteiger partial charge is 0.491 e. The third kappa shape index (κ3) is 3.38. The van der Waals surface area contributed by atoms with Crippen molar-refractivity contribution in [3.63, 3.8) is 0 Å². The molecule has 1 fully saturated rings. The lowest BCUT2D eigenvalue weighted by atomic mass is 10.3. The maximum absolute atomic E-state index is 13.8. The van der Waals surface area contributed by atoms with Gasteiger partial charge < -0.3 is 9.64 Å². The molecule has 6 nitrogen and oxygen atoms in total. The summed E-state index contributed by atoms with van der Waals surface area (Å²) in [5.41, 5.74) is 0. The Balaban J connectivity index is 2.17. The average molecular weight is 330 g/mol. The van der Waals surface area contributed by atoms with Gasteiger partial charge in [0.25, 0.3) is 0 Å². The molecule has 2 rings (SSSR count). The molecule has 1 aliphatic heterocycles. The van der Waals surface area contributed by atoms with Gasteiger partial charge in [-0.3, -0.25) is 4.79 Å². The van der Waals surface area contributed by atoms with Crippen molar-refractivity contribution in [2.75, 3.05) is 32.8 Å². The molecule has 0 spiro atoms. The first kappa shape index (κ1) is 16.7. The fourth-order valence-corrected chi connectivity index (χ4v) is 3.74. The van der Waals surface area contributed by atoms with E-state index in [0.717, 1.165) is 6.07 Å². The number of amides is 1. The number of hydrogen-bond donors (Lipinski definition) is 0. The van der Waals surface area contributed by atoms with Crippen LogP contribution >= 0.6 is 0 Å². The zero-order valence-electron chi connectivity index (χ0n) is 12.6. The number of hydrogen-bond acceptors (Lipinski definition) is 4. The Labute approximate surface area is 129 Å². The van der Waals surface area contributed by atoms with E-state index in [4.69, 9.17) is 4.74 Å². The van der Waals surface area contributed by atoms with Crippen molar-refractivity contribution < 1.29 is 22.3 Å². The molecule has 0 aliphatic carbocycles. The summed E-state index contributed by atoms with van der Waals surface area (Å²) in [6.45, 7) is 4.57. The standard InChI is InChI=1S/C14H19FN2O4S/c1-3-21-14-5-4-12(10-13(14)15)22(19,20)17-8-6-16(7-9-17)11(2)18/h4-5,10H,3,6-9H2,1-2H3. The predicted molar refractivity (Wildman–Crippen MR) is 78.6 cm³/mol. The Hall–Kier alpha value is -1.67. The summed E-state index contributed by atoms with van der Waals surface area (Å²) < 4.78 is 45.2. The van der Waals surface area contributed by atoms with E-state index in [1.807, 2.05) is 0 Å². The van der Waals surface area contributed by atoms with Gasteiger partial charge in [0.15, 0.2) is 11.6 Å². The number of rotatable bonds is 4. The van der Waals surface area contributed by atoms with Gasteiger partial charge in [-0.1, -0.05) is 0 Å². The minimum atomic E-state index is -3.77. The minimum absolute atomic E-state index is 0.0304. The molecule has 1 aromatic rings. The van der Waals surface area contributed by atoms with E-state index in [0.29, 0.717) is 19.7 Å². The van der Waals surface area contributed by atoms with Crippen LogP contribution in [0.15, 0.2) is 23.1 Å². The Morgan fingerprint density at radius 1 is 1.27 bits per heavy atom. The molecule has 0 saturated carbocycles. The van der Waals surface area contributed by atoms with Gasteiger partial charge in [0.2, 0.25) is 15.9 Å². The van der Waals surface area contributed by atoms with Gasteiger partial charge in [0, 0.05) is 33.1 Å². The highest BCUT2D eigenvalue weighted by molar-refractivity contribution is 7.89. The van der Waals surface area contributed by atoms with Gasteiger partial charge in [-0.2, -0.15) is 4.31 Å². The number of carbonyl (C=O) groups excluding carboxylic acids is 1. The Morgan fingerprint density at radius 2 is 1.91 bits per heavy atom. The van der Waals surface area contributed by atoms with E-state index >= 15 is 0 Å². The van der Waals surface area contributed by atoms with Gasteiger partial charge in [-0.25, -0.2) is 12.8 Å². The molecular formula is C14H19FN2O4S. The Morgan fingerprint density at radius 3 is 2.41 bits per heavy atom. The first-order valence-corrected chi connectivity index (χ1v) is 8.48. The van der Waals surface area contributed by atoms with E-state index in [2.05, 4.69) is 0 Å². The van der Waals surface area contributed by atoms with E-state index in [9.17, 15) is 17.6 Å². The highest BCUT2D eigenvalue weighted by Crippen LogP contribution is 2.24. The number of halogens is 1. The number of ether oxygens (including phenoxy) is 1. The maximum atomic E-state index is 13.8. The normalized spacial score (nSPS) is 16.6. The number of piperazine rings is 1. The molecule has 22 heavy (non-hydrogen) atoms. The number of sulfonamides is 1. The molecule has 122 valence electrons. The fourth-order valence-electron chi connectivity index (χ4n) is 2.31. The van der Waals surface area contributed by atoms with E-state index in [-0.39, 0.29) is 29.6 Å². The van der Waals surface area contributed by atoms with Crippen molar-refractivity contribution in [2.24, 2.45) is 0 Å². The summed E-state index contributed by atoms with van der Waals surface area (Å²) in [5.74, 6) is -0.752. The molecular weight excluding hydrogens is 311 g/mol. The summed E-state index contributed by atoms with van der Waals surface area (Å²) in [7, 11) is -3.77. The second-order valence-corrected chi connectivity index (χ2v) is 6.87. The van der Waals surface area contributed by atoms with E-state index in [1.54, 1.807) is 11.8 Å². The second-order valence-electron chi connectivity index (χ2n) is 4.94.